The quantitative estimate of drug-likeness (QED) is 0.860. The normalized spacial score (nSPS) is 10.6. The van der Waals surface area contributed by atoms with Crippen LogP contribution in [0.2, 0.25) is 0 Å². The zero-order chi connectivity index (χ0) is 16.8. The van der Waals surface area contributed by atoms with Crippen LogP contribution in [0, 0.1) is 6.92 Å². The summed E-state index contributed by atoms with van der Waals surface area (Å²) in [4.78, 5) is 14.2. The molecule has 2 aromatic rings. The van der Waals surface area contributed by atoms with Gasteiger partial charge in [-0.3, -0.25) is 4.79 Å². The molecule has 0 unspecified atom stereocenters. The molecule has 0 atom stereocenters. The van der Waals surface area contributed by atoms with Crippen molar-refractivity contribution in [2.45, 2.75) is 6.92 Å². The molecule has 0 aliphatic rings. The standard InChI is InChI=1S/C18H22N2O3/c1-13-11-16(23-10-9-20(2)3)7-8-17(13)19-18(22)14-5-4-6-15(21)12-14/h4-8,11-12,21H,9-10H2,1-3H3,(H,19,22). The van der Waals surface area contributed by atoms with Crippen molar-refractivity contribution in [3.8, 4) is 11.5 Å². The van der Waals surface area contributed by atoms with Gasteiger partial charge in [0.2, 0.25) is 0 Å². The van der Waals surface area contributed by atoms with E-state index < -0.39 is 0 Å². The summed E-state index contributed by atoms with van der Waals surface area (Å²) in [5.41, 5.74) is 2.05. The maximum Gasteiger partial charge on any atom is 0.255 e. The Labute approximate surface area is 136 Å². The van der Waals surface area contributed by atoms with Gasteiger partial charge in [-0.05, 0) is 63.0 Å². The number of phenolic OH excluding ortho intramolecular Hbond substituents is 1. The number of hydrogen-bond donors (Lipinski definition) is 2. The summed E-state index contributed by atoms with van der Waals surface area (Å²) in [5.74, 6) is 0.587. The van der Waals surface area contributed by atoms with Crippen molar-refractivity contribution < 1.29 is 14.6 Å². The lowest BCUT2D eigenvalue weighted by atomic mass is 10.1. The molecule has 0 aliphatic heterocycles. The monoisotopic (exact) mass is 314 g/mol. The first-order valence-electron chi connectivity index (χ1n) is 7.44. The van der Waals surface area contributed by atoms with Crippen LogP contribution in [0.1, 0.15) is 15.9 Å². The summed E-state index contributed by atoms with van der Waals surface area (Å²) in [7, 11) is 3.99. The van der Waals surface area contributed by atoms with Crippen molar-refractivity contribution in [1.29, 1.82) is 0 Å². The highest BCUT2D eigenvalue weighted by Gasteiger charge is 2.09. The highest BCUT2D eigenvalue weighted by molar-refractivity contribution is 6.04. The van der Waals surface area contributed by atoms with E-state index in [1.165, 1.54) is 12.1 Å². The van der Waals surface area contributed by atoms with Crippen LogP contribution in [0.15, 0.2) is 42.5 Å². The molecule has 2 aromatic carbocycles. The number of ether oxygens (including phenoxy) is 1. The molecule has 2 rings (SSSR count). The molecule has 0 heterocycles. The Bertz CT molecular complexity index is 684. The maximum absolute atomic E-state index is 12.2. The summed E-state index contributed by atoms with van der Waals surface area (Å²) in [6.07, 6.45) is 0. The molecular weight excluding hydrogens is 292 g/mol. The molecule has 0 aliphatic carbocycles. The topological polar surface area (TPSA) is 61.8 Å². The smallest absolute Gasteiger partial charge is 0.255 e. The molecule has 0 aromatic heterocycles. The first kappa shape index (κ1) is 16.8. The number of hydrogen-bond acceptors (Lipinski definition) is 4. The van der Waals surface area contributed by atoms with Crippen LogP contribution in [-0.2, 0) is 0 Å². The van der Waals surface area contributed by atoms with E-state index >= 15 is 0 Å². The fraction of sp³-hybridized carbons (Fsp3) is 0.278. The number of likely N-dealkylation sites (N-methyl/N-ethyl adjacent to an activating group) is 1. The molecule has 0 spiro atoms. The SMILES string of the molecule is Cc1cc(OCCN(C)C)ccc1NC(=O)c1cccc(O)c1. The minimum atomic E-state index is -0.259. The average Bonchev–Trinajstić information content (AvgIpc) is 2.49. The second-order valence-electron chi connectivity index (χ2n) is 5.63. The summed E-state index contributed by atoms with van der Waals surface area (Å²) < 4.78 is 5.67. The number of aryl methyl sites for hydroxylation is 1. The molecule has 23 heavy (non-hydrogen) atoms. The molecule has 0 saturated heterocycles. The molecule has 122 valence electrons. The van der Waals surface area contributed by atoms with Gasteiger partial charge in [-0.1, -0.05) is 6.07 Å². The third kappa shape index (κ3) is 5.00. The van der Waals surface area contributed by atoms with Crippen LogP contribution in [0.25, 0.3) is 0 Å². The van der Waals surface area contributed by atoms with Gasteiger partial charge in [0.25, 0.3) is 5.91 Å². The Kier molecular flexibility index (Phi) is 5.60. The predicted octanol–water partition coefficient (Wildman–Crippen LogP) is 2.89. The van der Waals surface area contributed by atoms with Gasteiger partial charge in [0.05, 0.1) is 0 Å². The zero-order valence-electron chi connectivity index (χ0n) is 13.7. The molecule has 2 N–H and O–H groups in total. The third-order valence-electron chi connectivity index (χ3n) is 3.36. The number of aromatic hydroxyl groups is 1. The number of amides is 1. The van der Waals surface area contributed by atoms with Crippen molar-refractivity contribution in [3.63, 3.8) is 0 Å². The number of nitrogens with zero attached hydrogens (tertiary/aromatic N) is 1. The van der Waals surface area contributed by atoms with Gasteiger partial charge in [0.1, 0.15) is 18.1 Å². The van der Waals surface area contributed by atoms with E-state index in [9.17, 15) is 9.90 Å². The second-order valence-corrected chi connectivity index (χ2v) is 5.63. The number of anilines is 1. The Hall–Kier alpha value is -2.53. The van der Waals surface area contributed by atoms with E-state index in [0.717, 1.165) is 23.5 Å². The number of nitrogens with one attached hydrogen (secondary N) is 1. The number of phenols is 1. The van der Waals surface area contributed by atoms with Crippen LogP contribution in [0.3, 0.4) is 0 Å². The van der Waals surface area contributed by atoms with E-state index in [1.807, 2.05) is 39.2 Å². The Morgan fingerprint density at radius 1 is 1.22 bits per heavy atom. The molecule has 0 bridgehead atoms. The van der Waals surface area contributed by atoms with E-state index in [-0.39, 0.29) is 11.7 Å². The van der Waals surface area contributed by atoms with E-state index in [4.69, 9.17) is 4.74 Å². The maximum atomic E-state index is 12.2. The Balaban J connectivity index is 2.02. The van der Waals surface area contributed by atoms with Gasteiger partial charge in [-0.25, -0.2) is 0 Å². The molecule has 5 heteroatoms. The lowest BCUT2D eigenvalue weighted by Crippen LogP contribution is -2.19. The lowest BCUT2D eigenvalue weighted by molar-refractivity contribution is 0.102. The number of benzene rings is 2. The van der Waals surface area contributed by atoms with Gasteiger partial charge in [0, 0.05) is 17.8 Å². The third-order valence-corrected chi connectivity index (χ3v) is 3.36. The molecular formula is C18H22N2O3. The van der Waals surface area contributed by atoms with Crippen LogP contribution >= 0.6 is 0 Å². The molecule has 0 radical (unpaired) electrons. The van der Waals surface area contributed by atoms with Crippen LogP contribution in [-0.4, -0.2) is 43.2 Å². The molecule has 1 amide bonds. The van der Waals surface area contributed by atoms with Gasteiger partial charge in [-0.15, -0.1) is 0 Å². The van der Waals surface area contributed by atoms with Gasteiger partial charge >= 0.3 is 0 Å². The van der Waals surface area contributed by atoms with Crippen molar-refractivity contribution >= 4 is 11.6 Å². The average molecular weight is 314 g/mol. The van der Waals surface area contributed by atoms with Crippen LogP contribution < -0.4 is 10.1 Å². The van der Waals surface area contributed by atoms with Crippen molar-refractivity contribution in [2.24, 2.45) is 0 Å². The minimum Gasteiger partial charge on any atom is -0.508 e. The first-order valence-corrected chi connectivity index (χ1v) is 7.44. The minimum absolute atomic E-state index is 0.0685. The van der Waals surface area contributed by atoms with Gasteiger partial charge < -0.3 is 20.1 Å². The number of carbonyl (C=O) groups excluding carboxylic acids is 1. The number of carbonyl (C=O) groups is 1. The van der Waals surface area contributed by atoms with E-state index in [2.05, 4.69) is 10.2 Å². The fourth-order valence-corrected chi connectivity index (χ4v) is 2.05. The van der Waals surface area contributed by atoms with E-state index in [0.29, 0.717) is 12.2 Å². The van der Waals surface area contributed by atoms with Crippen molar-refractivity contribution in [2.75, 3.05) is 32.6 Å². The largest absolute Gasteiger partial charge is 0.508 e. The number of rotatable bonds is 6. The van der Waals surface area contributed by atoms with Gasteiger partial charge in [-0.2, -0.15) is 0 Å². The molecule has 0 fully saturated rings. The van der Waals surface area contributed by atoms with Gasteiger partial charge in [0.15, 0.2) is 0 Å². The summed E-state index contributed by atoms with van der Waals surface area (Å²) in [6, 6.07) is 11.8. The Morgan fingerprint density at radius 2 is 2.00 bits per heavy atom. The predicted molar refractivity (Wildman–Crippen MR) is 91.3 cm³/mol. The summed E-state index contributed by atoms with van der Waals surface area (Å²) in [6.45, 7) is 3.37. The zero-order valence-corrected chi connectivity index (χ0v) is 13.7. The second kappa shape index (κ2) is 7.65. The first-order chi connectivity index (χ1) is 11.0. The fourth-order valence-electron chi connectivity index (χ4n) is 2.05. The van der Waals surface area contributed by atoms with Crippen LogP contribution in [0.4, 0.5) is 5.69 Å². The summed E-state index contributed by atoms with van der Waals surface area (Å²) >= 11 is 0. The Morgan fingerprint density at radius 3 is 2.65 bits per heavy atom. The summed E-state index contributed by atoms with van der Waals surface area (Å²) in [5, 5.41) is 12.3. The van der Waals surface area contributed by atoms with Crippen molar-refractivity contribution in [3.05, 3.63) is 53.6 Å². The van der Waals surface area contributed by atoms with E-state index in [1.54, 1.807) is 12.1 Å². The van der Waals surface area contributed by atoms with Crippen molar-refractivity contribution in [1.82, 2.24) is 4.90 Å². The molecule has 5 nitrogen and oxygen atoms in total. The highest BCUT2D eigenvalue weighted by Crippen LogP contribution is 2.22. The lowest BCUT2D eigenvalue weighted by Gasteiger charge is -2.13. The van der Waals surface area contributed by atoms with Crippen LogP contribution in [0.5, 0.6) is 11.5 Å². The molecule has 0 saturated carbocycles. The highest BCUT2D eigenvalue weighted by atomic mass is 16.5.